The van der Waals surface area contributed by atoms with Gasteiger partial charge in [0.2, 0.25) is 0 Å². The molecular weight excluding hydrogens is 256 g/mol. The maximum absolute atomic E-state index is 11.3. The molecule has 1 aromatic rings. The van der Waals surface area contributed by atoms with Crippen LogP contribution in [0.4, 0.5) is 0 Å². The number of hydrogen-bond donors (Lipinski definition) is 2. The highest BCUT2D eigenvalue weighted by Gasteiger charge is 2.16. The van der Waals surface area contributed by atoms with Gasteiger partial charge in [0, 0.05) is 0 Å². The van der Waals surface area contributed by atoms with Gasteiger partial charge in [0.25, 0.3) is 0 Å². The van der Waals surface area contributed by atoms with E-state index < -0.39 is 6.04 Å². The standard InChI is InChI=1S/C15H22N2O3/c1-19-15(18)14(16)10-11-2-4-12(5-3-11)20-13-6-8-17-9-7-13/h2-5,13-14,17H,6-10,16H2,1H3/t14-/m0/s1. The molecule has 0 aromatic heterocycles. The van der Waals surface area contributed by atoms with Gasteiger partial charge in [-0.15, -0.1) is 0 Å². The Hall–Kier alpha value is -1.59. The minimum Gasteiger partial charge on any atom is -0.490 e. The highest BCUT2D eigenvalue weighted by molar-refractivity contribution is 5.75. The molecule has 20 heavy (non-hydrogen) atoms. The van der Waals surface area contributed by atoms with Gasteiger partial charge >= 0.3 is 5.97 Å². The molecule has 5 heteroatoms. The molecule has 110 valence electrons. The average Bonchev–Trinajstić information content (AvgIpc) is 2.49. The van der Waals surface area contributed by atoms with Crippen molar-refractivity contribution in [2.45, 2.75) is 31.4 Å². The number of piperidine rings is 1. The van der Waals surface area contributed by atoms with Crippen molar-refractivity contribution in [1.82, 2.24) is 5.32 Å². The van der Waals surface area contributed by atoms with Gasteiger partial charge in [-0.3, -0.25) is 4.79 Å². The predicted molar refractivity (Wildman–Crippen MR) is 76.7 cm³/mol. The lowest BCUT2D eigenvalue weighted by atomic mass is 10.1. The molecule has 0 spiro atoms. The molecule has 1 aliphatic rings. The van der Waals surface area contributed by atoms with Gasteiger partial charge < -0.3 is 20.5 Å². The third-order valence-electron chi connectivity index (χ3n) is 3.47. The first-order valence-corrected chi connectivity index (χ1v) is 6.99. The van der Waals surface area contributed by atoms with E-state index in [-0.39, 0.29) is 5.97 Å². The fourth-order valence-electron chi connectivity index (χ4n) is 2.30. The van der Waals surface area contributed by atoms with Gasteiger partial charge in [-0.1, -0.05) is 12.1 Å². The predicted octanol–water partition coefficient (Wildman–Crippen LogP) is 0.860. The number of nitrogens with one attached hydrogen (secondary N) is 1. The molecule has 1 aromatic carbocycles. The van der Waals surface area contributed by atoms with Crippen LogP contribution in [0.25, 0.3) is 0 Å². The Balaban J connectivity index is 1.87. The van der Waals surface area contributed by atoms with Gasteiger partial charge in [0.15, 0.2) is 0 Å². The molecular formula is C15H22N2O3. The number of benzene rings is 1. The van der Waals surface area contributed by atoms with Crippen LogP contribution in [0.2, 0.25) is 0 Å². The second-order valence-corrected chi connectivity index (χ2v) is 5.04. The van der Waals surface area contributed by atoms with Gasteiger partial charge in [-0.05, 0) is 50.0 Å². The summed E-state index contributed by atoms with van der Waals surface area (Å²) in [6, 6.07) is 7.14. The lowest BCUT2D eigenvalue weighted by Crippen LogP contribution is -2.34. The Kier molecular flexibility index (Phi) is 5.38. The number of ether oxygens (including phenoxy) is 2. The van der Waals surface area contributed by atoms with E-state index in [1.807, 2.05) is 24.3 Å². The Morgan fingerprint density at radius 3 is 2.60 bits per heavy atom. The zero-order chi connectivity index (χ0) is 14.4. The van der Waals surface area contributed by atoms with E-state index in [0.29, 0.717) is 12.5 Å². The highest BCUT2D eigenvalue weighted by atomic mass is 16.5. The molecule has 1 atom stereocenters. The quantitative estimate of drug-likeness (QED) is 0.782. The number of carbonyl (C=O) groups is 1. The summed E-state index contributed by atoms with van der Waals surface area (Å²) in [6.45, 7) is 2.02. The minimum absolute atomic E-state index is 0.291. The number of rotatable bonds is 5. The van der Waals surface area contributed by atoms with E-state index in [9.17, 15) is 4.79 Å². The molecule has 5 nitrogen and oxygen atoms in total. The zero-order valence-electron chi connectivity index (χ0n) is 11.8. The van der Waals surface area contributed by atoms with Crippen molar-refractivity contribution in [2.24, 2.45) is 5.73 Å². The fraction of sp³-hybridized carbons (Fsp3) is 0.533. The van der Waals surface area contributed by atoms with Crippen molar-refractivity contribution >= 4 is 5.97 Å². The average molecular weight is 278 g/mol. The third-order valence-corrected chi connectivity index (χ3v) is 3.47. The maximum Gasteiger partial charge on any atom is 0.322 e. The third kappa shape index (κ3) is 4.21. The second-order valence-electron chi connectivity index (χ2n) is 5.04. The summed E-state index contributed by atoms with van der Waals surface area (Å²) in [5.41, 5.74) is 6.74. The molecule has 0 aliphatic carbocycles. The topological polar surface area (TPSA) is 73.6 Å². The maximum atomic E-state index is 11.3. The van der Waals surface area contributed by atoms with Crippen LogP contribution in [-0.2, 0) is 16.0 Å². The van der Waals surface area contributed by atoms with Gasteiger partial charge in [0.05, 0.1) is 7.11 Å². The lowest BCUT2D eigenvalue weighted by molar-refractivity contribution is -0.142. The molecule has 1 saturated heterocycles. The first kappa shape index (κ1) is 14.8. The number of methoxy groups -OCH3 is 1. The Morgan fingerprint density at radius 2 is 2.00 bits per heavy atom. The van der Waals surface area contributed by atoms with Crippen LogP contribution in [0.3, 0.4) is 0 Å². The molecule has 1 aliphatic heterocycles. The summed E-state index contributed by atoms with van der Waals surface area (Å²) in [7, 11) is 1.35. The lowest BCUT2D eigenvalue weighted by Gasteiger charge is -2.23. The number of hydrogen-bond acceptors (Lipinski definition) is 5. The van der Waals surface area contributed by atoms with E-state index in [1.54, 1.807) is 0 Å². The normalized spacial score (nSPS) is 17.5. The van der Waals surface area contributed by atoms with Crippen LogP contribution in [-0.4, -0.2) is 38.3 Å². The molecule has 0 bridgehead atoms. The van der Waals surface area contributed by atoms with E-state index in [0.717, 1.165) is 37.2 Å². The second kappa shape index (κ2) is 7.26. The van der Waals surface area contributed by atoms with Crippen molar-refractivity contribution < 1.29 is 14.3 Å². The van der Waals surface area contributed by atoms with Crippen LogP contribution < -0.4 is 15.8 Å². The van der Waals surface area contributed by atoms with Crippen LogP contribution in [0.5, 0.6) is 5.75 Å². The number of carbonyl (C=O) groups excluding carboxylic acids is 1. The zero-order valence-corrected chi connectivity index (χ0v) is 11.8. The molecule has 0 amide bonds. The summed E-state index contributed by atoms with van der Waals surface area (Å²) in [6.07, 6.45) is 2.84. The van der Waals surface area contributed by atoms with Gasteiger partial charge in [-0.25, -0.2) is 0 Å². The van der Waals surface area contributed by atoms with Crippen molar-refractivity contribution in [3.63, 3.8) is 0 Å². The largest absolute Gasteiger partial charge is 0.490 e. The summed E-state index contributed by atoms with van der Waals surface area (Å²) < 4.78 is 10.5. The molecule has 0 radical (unpaired) electrons. The SMILES string of the molecule is COC(=O)[C@@H](N)Cc1ccc(OC2CCNCC2)cc1. The molecule has 1 heterocycles. The summed E-state index contributed by atoms with van der Waals surface area (Å²) in [4.78, 5) is 11.3. The number of esters is 1. The van der Waals surface area contributed by atoms with Gasteiger partial charge in [0.1, 0.15) is 17.9 Å². The molecule has 2 rings (SSSR count). The van der Waals surface area contributed by atoms with E-state index in [1.165, 1.54) is 7.11 Å². The van der Waals surface area contributed by atoms with Crippen molar-refractivity contribution in [3.05, 3.63) is 29.8 Å². The van der Waals surface area contributed by atoms with Crippen LogP contribution in [0, 0.1) is 0 Å². The minimum atomic E-state index is -0.615. The van der Waals surface area contributed by atoms with Crippen molar-refractivity contribution in [2.75, 3.05) is 20.2 Å². The monoisotopic (exact) mass is 278 g/mol. The fourth-order valence-corrected chi connectivity index (χ4v) is 2.30. The molecule has 0 unspecified atom stereocenters. The highest BCUT2D eigenvalue weighted by Crippen LogP contribution is 2.18. The molecule has 3 N–H and O–H groups in total. The van der Waals surface area contributed by atoms with E-state index in [2.05, 4.69) is 10.1 Å². The van der Waals surface area contributed by atoms with Crippen LogP contribution >= 0.6 is 0 Å². The Bertz CT molecular complexity index is 427. The van der Waals surface area contributed by atoms with E-state index >= 15 is 0 Å². The van der Waals surface area contributed by atoms with E-state index in [4.69, 9.17) is 10.5 Å². The summed E-state index contributed by atoms with van der Waals surface area (Å²) >= 11 is 0. The van der Waals surface area contributed by atoms with Crippen molar-refractivity contribution in [1.29, 1.82) is 0 Å². The van der Waals surface area contributed by atoms with Crippen LogP contribution in [0.15, 0.2) is 24.3 Å². The van der Waals surface area contributed by atoms with Crippen molar-refractivity contribution in [3.8, 4) is 5.75 Å². The Labute approximate surface area is 119 Å². The van der Waals surface area contributed by atoms with Crippen LogP contribution in [0.1, 0.15) is 18.4 Å². The number of nitrogens with two attached hydrogens (primary N) is 1. The first-order valence-electron chi connectivity index (χ1n) is 6.99. The summed E-state index contributed by atoms with van der Waals surface area (Å²) in [5.74, 6) is 0.479. The smallest absolute Gasteiger partial charge is 0.322 e. The van der Waals surface area contributed by atoms with Gasteiger partial charge in [-0.2, -0.15) is 0 Å². The molecule has 0 saturated carbocycles. The Morgan fingerprint density at radius 1 is 1.35 bits per heavy atom. The summed E-state index contributed by atoms with van der Waals surface area (Å²) in [5, 5.41) is 3.31. The first-order chi connectivity index (χ1) is 9.69. The molecule has 1 fully saturated rings.